The van der Waals surface area contributed by atoms with Crippen molar-refractivity contribution in [1.29, 1.82) is 0 Å². The van der Waals surface area contributed by atoms with Crippen LogP contribution in [0.25, 0.3) is 0 Å². The lowest BCUT2D eigenvalue weighted by atomic mass is 10.1. The number of nitrogens with zero attached hydrogens (tertiary/aromatic N) is 1. The third-order valence-corrected chi connectivity index (χ3v) is 3.54. The first-order valence-corrected chi connectivity index (χ1v) is 7.00. The molecule has 0 radical (unpaired) electrons. The van der Waals surface area contributed by atoms with Gasteiger partial charge in [-0.25, -0.2) is 4.90 Å². The van der Waals surface area contributed by atoms with Crippen molar-refractivity contribution in [3.63, 3.8) is 0 Å². The number of imide groups is 1. The van der Waals surface area contributed by atoms with Crippen molar-refractivity contribution in [2.75, 3.05) is 11.4 Å². The number of carbonyl (C=O) groups excluding carboxylic acids is 2. The van der Waals surface area contributed by atoms with E-state index in [-0.39, 0.29) is 11.8 Å². The standard InChI is InChI=1S/C17H16N2O2/c1-2-18-11-12-6-5-7-13(10-12)19-16(20)14-8-3-4-9-15(14)17(19)21/h3-10,18H,2,11H2,1H3. The molecule has 1 heterocycles. The van der Waals surface area contributed by atoms with Gasteiger partial charge in [-0.2, -0.15) is 0 Å². The molecule has 4 nitrogen and oxygen atoms in total. The summed E-state index contributed by atoms with van der Waals surface area (Å²) in [5.74, 6) is -0.507. The van der Waals surface area contributed by atoms with Crippen LogP contribution < -0.4 is 10.2 Å². The minimum atomic E-state index is -0.254. The Morgan fingerprint density at radius 2 is 1.62 bits per heavy atom. The van der Waals surface area contributed by atoms with E-state index in [1.807, 2.05) is 25.1 Å². The maximum Gasteiger partial charge on any atom is 0.266 e. The number of hydrogen-bond donors (Lipinski definition) is 1. The van der Waals surface area contributed by atoms with Gasteiger partial charge in [0.2, 0.25) is 0 Å². The molecular weight excluding hydrogens is 264 g/mol. The number of fused-ring (bicyclic) bond motifs is 1. The molecule has 0 spiro atoms. The quantitative estimate of drug-likeness (QED) is 0.876. The summed E-state index contributed by atoms with van der Waals surface area (Å²) < 4.78 is 0. The van der Waals surface area contributed by atoms with Crippen LogP contribution in [0.5, 0.6) is 0 Å². The summed E-state index contributed by atoms with van der Waals surface area (Å²) >= 11 is 0. The first-order valence-electron chi connectivity index (χ1n) is 7.00. The smallest absolute Gasteiger partial charge is 0.266 e. The zero-order valence-corrected chi connectivity index (χ0v) is 11.8. The number of anilines is 1. The highest BCUT2D eigenvalue weighted by Crippen LogP contribution is 2.28. The van der Waals surface area contributed by atoms with Crippen LogP contribution in [0.3, 0.4) is 0 Å². The van der Waals surface area contributed by atoms with Gasteiger partial charge in [0.1, 0.15) is 0 Å². The Morgan fingerprint density at radius 3 is 2.24 bits per heavy atom. The molecule has 4 heteroatoms. The summed E-state index contributed by atoms with van der Waals surface area (Å²) in [7, 11) is 0. The van der Waals surface area contributed by atoms with Crippen LogP contribution in [0.15, 0.2) is 48.5 Å². The fourth-order valence-corrected chi connectivity index (χ4v) is 2.50. The van der Waals surface area contributed by atoms with E-state index in [4.69, 9.17) is 0 Å². The Kier molecular flexibility index (Phi) is 3.54. The number of nitrogens with one attached hydrogen (secondary N) is 1. The molecule has 0 fully saturated rings. The van der Waals surface area contributed by atoms with E-state index in [9.17, 15) is 9.59 Å². The van der Waals surface area contributed by atoms with Gasteiger partial charge >= 0.3 is 0 Å². The van der Waals surface area contributed by atoms with Crippen LogP contribution in [-0.4, -0.2) is 18.4 Å². The minimum absolute atomic E-state index is 0.254. The molecule has 0 atom stereocenters. The molecule has 0 aliphatic carbocycles. The molecule has 3 rings (SSSR count). The second kappa shape index (κ2) is 5.50. The summed E-state index contributed by atoms with van der Waals surface area (Å²) in [5.41, 5.74) is 2.61. The van der Waals surface area contributed by atoms with Crippen molar-refractivity contribution < 1.29 is 9.59 Å². The van der Waals surface area contributed by atoms with E-state index in [0.29, 0.717) is 23.4 Å². The highest BCUT2D eigenvalue weighted by molar-refractivity contribution is 6.34. The largest absolute Gasteiger partial charge is 0.313 e. The van der Waals surface area contributed by atoms with Crippen LogP contribution in [-0.2, 0) is 6.54 Å². The monoisotopic (exact) mass is 280 g/mol. The van der Waals surface area contributed by atoms with Crippen LogP contribution in [0.4, 0.5) is 5.69 Å². The average Bonchev–Trinajstić information content (AvgIpc) is 2.78. The highest BCUT2D eigenvalue weighted by atomic mass is 16.2. The summed E-state index contributed by atoms with van der Waals surface area (Å²) in [6, 6.07) is 14.4. The molecule has 106 valence electrons. The molecule has 1 N–H and O–H groups in total. The average molecular weight is 280 g/mol. The van der Waals surface area contributed by atoms with Gasteiger partial charge in [0, 0.05) is 6.54 Å². The molecule has 1 aliphatic heterocycles. The second-order valence-corrected chi connectivity index (χ2v) is 4.94. The molecule has 0 saturated carbocycles. The third kappa shape index (κ3) is 2.34. The lowest BCUT2D eigenvalue weighted by molar-refractivity contribution is 0.0926. The Balaban J connectivity index is 1.95. The number of amides is 2. The first kappa shape index (κ1) is 13.5. The zero-order valence-electron chi connectivity index (χ0n) is 11.8. The lowest BCUT2D eigenvalue weighted by Crippen LogP contribution is -2.29. The topological polar surface area (TPSA) is 49.4 Å². The van der Waals surface area contributed by atoms with Gasteiger partial charge in [-0.15, -0.1) is 0 Å². The van der Waals surface area contributed by atoms with Crippen molar-refractivity contribution in [3.8, 4) is 0 Å². The Morgan fingerprint density at radius 1 is 0.952 bits per heavy atom. The van der Waals surface area contributed by atoms with Crippen LogP contribution >= 0.6 is 0 Å². The maximum atomic E-state index is 12.4. The van der Waals surface area contributed by atoms with E-state index in [0.717, 1.165) is 12.1 Å². The van der Waals surface area contributed by atoms with Crippen LogP contribution in [0.1, 0.15) is 33.2 Å². The summed E-state index contributed by atoms with van der Waals surface area (Å²) in [5, 5.41) is 3.23. The van der Waals surface area contributed by atoms with E-state index >= 15 is 0 Å². The fourth-order valence-electron chi connectivity index (χ4n) is 2.50. The predicted octanol–water partition coefficient (Wildman–Crippen LogP) is 2.60. The van der Waals surface area contributed by atoms with Crippen molar-refractivity contribution in [2.24, 2.45) is 0 Å². The Bertz CT molecular complexity index is 674. The molecule has 2 aromatic carbocycles. The summed E-state index contributed by atoms with van der Waals surface area (Å²) in [6.07, 6.45) is 0. The van der Waals surface area contributed by atoms with Gasteiger partial charge in [-0.05, 0) is 36.4 Å². The maximum absolute atomic E-state index is 12.4. The summed E-state index contributed by atoms with van der Waals surface area (Å²) in [4.78, 5) is 26.1. The molecule has 21 heavy (non-hydrogen) atoms. The van der Waals surface area contributed by atoms with Crippen molar-refractivity contribution in [3.05, 3.63) is 65.2 Å². The van der Waals surface area contributed by atoms with Crippen molar-refractivity contribution in [1.82, 2.24) is 5.32 Å². The van der Waals surface area contributed by atoms with Crippen molar-refractivity contribution in [2.45, 2.75) is 13.5 Å². The number of rotatable bonds is 4. The molecule has 2 amide bonds. The van der Waals surface area contributed by atoms with Gasteiger partial charge in [0.15, 0.2) is 0 Å². The van der Waals surface area contributed by atoms with E-state index < -0.39 is 0 Å². The SMILES string of the molecule is CCNCc1cccc(N2C(=O)c3ccccc3C2=O)c1. The van der Waals surface area contributed by atoms with E-state index in [2.05, 4.69) is 5.32 Å². The molecular formula is C17H16N2O2. The molecule has 0 aromatic heterocycles. The fraction of sp³-hybridized carbons (Fsp3) is 0.176. The molecule has 0 bridgehead atoms. The van der Waals surface area contributed by atoms with Gasteiger partial charge in [0.25, 0.3) is 11.8 Å². The third-order valence-electron chi connectivity index (χ3n) is 3.54. The number of carbonyl (C=O) groups is 2. The van der Waals surface area contributed by atoms with E-state index in [1.165, 1.54) is 4.90 Å². The van der Waals surface area contributed by atoms with Crippen LogP contribution in [0, 0.1) is 0 Å². The van der Waals surface area contributed by atoms with Gasteiger partial charge < -0.3 is 5.32 Å². The van der Waals surface area contributed by atoms with Crippen molar-refractivity contribution >= 4 is 17.5 Å². The lowest BCUT2D eigenvalue weighted by Gasteiger charge is -2.15. The Hall–Kier alpha value is -2.46. The molecule has 2 aromatic rings. The first-order chi connectivity index (χ1) is 10.2. The normalized spacial score (nSPS) is 13.7. The molecule has 1 aliphatic rings. The minimum Gasteiger partial charge on any atom is -0.313 e. The van der Waals surface area contributed by atoms with Gasteiger partial charge in [-0.3, -0.25) is 9.59 Å². The summed E-state index contributed by atoms with van der Waals surface area (Å²) in [6.45, 7) is 3.62. The molecule has 0 unspecified atom stereocenters. The number of hydrogen-bond acceptors (Lipinski definition) is 3. The van der Waals surface area contributed by atoms with Gasteiger partial charge in [-0.1, -0.05) is 31.2 Å². The van der Waals surface area contributed by atoms with Gasteiger partial charge in [0.05, 0.1) is 16.8 Å². The molecule has 0 saturated heterocycles. The highest BCUT2D eigenvalue weighted by Gasteiger charge is 2.36. The number of benzene rings is 2. The zero-order chi connectivity index (χ0) is 14.8. The predicted molar refractivity (Wildman–Crippen MR) is 81.4 cm³/mol. The Labute approximate surface area is 123 Å². The second-order valence-electron chi connectivity index (χ2n) is 4.94. The van der Waals surface area contributed by atoms with Crippen LogP contribution in [0.2, 0.25) is 0 Å². The van der Waals surface area contributed by atoms with E-state index in [1.54, 1.807) is 30.3 Å².